The molecule has 0 aromatic heterocycles. The van der Waals surface area contributed by atoms with E-state index in [2.05, 4.69) is 10.2 Å². The molecule has 0 spiro atoms. The number of rotatable bonds is 1. The summed E-state index contributed by atoms with van der Waals surface area (Å²) in [5.41, 5.74) is 2.19. The second-order valence-electron chi connectivity index (χ2n) is 5.61. The van der Waals surface area contributed by atoms with Gasteiger partial charge in [0.2, 0.25) is 0 Å². The molecular weight excluding hydrogens is 256 g/mol. The Morgan fingerprint density at radius 2 is 2.15 bits per heavy atom. The van der Waals surface area contributed by atoms with E-state index < -0.39 is 11.7 Å². The maximum absolute atomic E-state index is 11.6. The maximum Gasteiger partial charge on any atom is 0.296 e. The molecule has 2 heterocycles. The highest BCUT2D eigenvalue weighted by Crippen LogP contribution is 2.35. The third-order valence-electron chi connectivity index (χ3n) is 4.52. The van der Waals surface area contributed by atoms with Crippen molar-refractivity contribution < 1.29 is 14.3 Å². The molecule has 1 aromatic carbocycles. The van der Waals surface area contributed by atoms with Crippen LogP contribution in [0.1, 0.15) is 29.6 Å². The van der Waals surface area contributed by atoms with Crippen molar-refractivity contribution in [3.63, 3.8) is 0 Å². The third kappa shape index (κ3) is 1.66. The van der Waals surface area contributed by atoms with Crippen molar-refractivity contribution in [1.29, 1.82) is 0 Å². The van der Waals surface area contributed by atoms with Crippen LogP contribution in [0, 0.1) is 0 Å². The van der Waals surface area contributed by atoms with Gasteiger partial charge >= 0.3 is 0 Å². The van der Waals surface area contributed by atoms with Gasteiger partial charge in [-0.25, -0.2) is 0 Å². The van der Waals surface area contributed by atoms with E-state index in [1.165, 1.54) is 6.42 Å². The Balaban J connectivity index is 1.68. The van der Waals surface area contributed by atoms with Gasteiger partial charge in [0.05, 0.1) is 30.0 Å². The Bertz CT molecular complexity index is 599. The van der Waals surface area contributed by atoms with Crippen LogP contribution in [0.4, 0.5) is 11.4 Å². The average molecular weight is 272 g/mol. The first-order chi connectivity index (χ1) is 9.74. The highest BCUT2D eigenvalue weighted by atomic mass is 16.5. The normalized spacial score (nSPS) is 28.3. The number of ether oxygens (including phenoxy) is 1. The Labute approximate surface area is 116 Å². The summed E-state index contributed by atoms with van der Waals surface area (Å²) in [6.45, 7) is 1.60. The summed E-state index contributed by atoms with van der Waals surface area (Å²) >= 11 is 0. The number of anilines is 2. The number of hydrogen-bond donors (Lipinski definition) is 1. The molecule has 1 aliphatic carbocycles. The summed E-state index contributed by atoms with van der Waals surface area (Å²) in [7, 11) is 0. The zero-order valence-electron chi connectivity index (χ0n) is 11.1. The molecule has 1 amide bonds. The molecule has 5 nitrogen and oxygen atoms in total. The van der Waals surface area contributed by atoms with Crippen molar-refractivity contribution in [2.24, 2.45) is 0 Å². The lowest BCUT2D eigenvalue weighted by molar-refractivity contribution is -0.112. The molecule has 2 unspecified atom stereocenters. The van der Waals surface area contributed by atoms with Crippen LogP contribution >= 0.6 is 0 Å². The number of nitrogens with zero attached hydrogens (tertiary/aromatic N) is 1. The van der Waals surface area contributed by atoms with Crippen molar-refractivity contribution in [3.8, 4) is 0 Å². The molecule has 4 rings (SSSR count). The van der Waals surface area contributed by atoms with Crippen LogP contribution in [0.25, 0.3) is 0 Å². The largest absolute Gasteiger partial charge is 0.374 e. The monoisotopic (exact) mass is 272 g/mol. The van der Waals surface area contributed by atoms with Gasteiger partial charge in [-0.15, -0.1) is 0 Å². The fourth-order valence-electron chi connectivity index (χ4n) is 3.56. The fourth-order valence-corrected chi connectivity index (χ4v) is 3.56. The van der Waals surface area contributed by atoms with Gasteiger partial charge < -0.3 is 15.0 Å². The third-order valence-corrected chi connectivity index (χ3v) is 4.52. The van der Waals surface area contributed by atoms with Crippen LogP contribution in [-0.4, -0.2) is 37.0 Å². The Kier molecular flexibility index (Phi) is 2.57. The molecule has 20 heavy (non-hydrogen) atoms. The zero-order valence-corrected chi connectivity index (χ0v) is 11.1. The molecule has 3 aliphatic rings. The molecule has 104 valence electrons. The van der Waals surface area contributed by atoms with E-state index in [9.17, 15) is 9.59 Å². The predicted octanol–water partition coefficient (Wildman–Crippen LogP) is 1.58. The SMILES string of the molecule is O=C1Nc2cc(N3CCOC4CCCC43)ccc2C1=O. The Morgan fingerprint density at radius 3 is 3.05 bits per heavy atom. The summed E-state index contributed by atoms with van der Waals surface area (Å²) in [4.78, 5) is 25.4. The first-order valence-electron chi connectivity index (χ1n) is 7.12. The Morgan fingerprint density at radius 1 is 1.25 bits per heavy atom. The molecule has 5 heteroatoms. The quantitative estimate of drug-likeness (QED) is 0.789. The topological polar surface area (TPSA) is 58.6 Å². The summed E-state index contributed by atoms with van der Waals surface area (Å²) < 4.78 is 5.81. The van der Waals surface area contributed by atoms with Crippen LogP contribution in [0.3, 0.4) is 0 Å². The van der Waals surface area contributed by atoms with E-state index in [0.717, 1.165) is 31.7 Å². The number of hydrogen-bond acceptors (Lipinski definition) is 4. The van der Waals surface area contributed by atoms with Gasteiger partial charge in [0.1, 0.15) is 0 Å². The second-order valence-corrected chi connectivity index (χ2v) is 5.61. The molecule has 1 saturated heterocycles. The highest BCUT2D eigenvalue weighted by molar-refractivity contribution is 6.51. The van der Waals surface area contributed by atoms with Crippen molar-refractivity contribution >= 4 is 23.1 Å². The van der Waals surface area contributed by atoms with Crippen molar-refractivity contribution in [1.82, 2.24) is 0 Å². The predicted molar refractivity (Wildman–Crippen MR) is 74.1 cm³/mol. The summed E-state index contributed by atoms with van der Waals surface area (Å²) in [6.07, 6.45) is 3.80. The first-order valence-corrected chi connectivity index (χ1v) is 7.12. The Hall–Kier alpha value is -1.88. The van der Waals surface area contributed by atoms with E-state index in [4.69, 9.17) is 4.74 Å². The highest BCUT2D eigenvalue weighted by Gasteiger charge is 2.37. The van der Waals surface area contributed by atoms with Gasteiger partial charge in [-0.3, -0.25) is 9.59 Å². The number of morpholine rings is 1. The summed E-state index contributed by atoms with van der Waals surface area (Å²) in [5, 5.41) is 2.64. The van der Waals surface area contributed by atoms with E-state index in [1.807, 2.05) is 12.1 Å². The number of carbonyl (C=O) groups is 2. The van der Waals surface area contributed by atoms with Gasteiger partial charge in [-0.2, -0.15) is 0 Å². The molecular formula is C15H16N2O3. The van der Waals surface area contributed by atoms with Crippen molar-refractivity contribution in [2.45, 2.75) is 31.4 Å². The van der Waals surface area contributed by atoms with E-state index in [1.54, 1.807) is 6.07 Å². The molecule has 2 fully saturated rings. The average Bonchev–Trinajstić information content (AvgIpc) is 3.04. The van der Waals surface area contributed by atoms with E-state index in [-0.39, 0.29) is 0 Å². The van der Waals surface area contributed by atoms with Gasteiger partial charge in [0.15, 0.2) is 0 Å². The number of benzene rings is 1. The van der Waals surface area contributed by atoms with Crippen LogP contribution in [0.2, 0.25) is 0 Å². The van der Waals surface area contributed by atoms with Gasteiger partial charge in [-0.1, -0.05) is 0 Å². The van der Waals surface area contributed by atoms with Crippen LogP contribution in [-0.2, 0) is 9.53 Å². The smallest absolute Gasteiger partial charge is 0.296 e. The molecule has 0 bridgehead atoms. The lowest BCUT2D eigenvalue weighted by Gasteiger charge is -2.39. The van der Waals surface area contributed by atoms with Crippen molar-refractivity contribution in [3.05, 3.63) is 23.8 Å². The van der Waals surface area contributed by atoms with Crippen LogP contribution < -0.4 is 10.2 Å². The second kappa shape index (κ2) is 4.31. The lowest BCUT2D eigenvalue weighted by Crippen LogP contribution is -2.48. The number of carbonyl (C=O) groups excluding carboxylic acids is 2. The maximum atomic E-state index is 11.6. The molecule has 1 aromatic rings. The molecule has 2 aliphatic heterocycles. The standard InChI is InChI=1S/C15H16N2O3/c18-14-10-5-4-9(8-11(10)16-15(14)19)17-6-7-20-13-3-1-2-12(13)17/h4-5,8,12-13H,1-3,6-7H2,(H,16,18,19). The van der Waals surface area contributed by atoms with E-state index >= 15 is 0 Å². The minimum absolute atomic E-state index is 0.327. The lowest BCUT2D eigenvalue weighted by atomic mass is 10.1. The number of amides is 1. The number of Topliss-reactive ketones (excluding diaryl/α,β-unsaturated/α-hetero) is 1. The molecule has 1 saturated carbocycles. The van der Waals surface area contributed by atoms with Crippen LogP contribution in [0.15, 0.2) is 18.2 Å². The minimum Gasteiger partial charge on any atom is -0.374 e. The molecule has 0 radical (unpaired) electrons. The summed E-state index contributed by atoms with van der Waals surface area (Å²) in [5.74, 6) is -0.967. The van der Waals surface area contributed by atoms with Gasteiger partial charge in [-0.05, 0) is 37.5 Å². The zero-order chi connectivity index (χ0) is 13.7. The fraction of sp³-hybridized carbons (Fsp3) is 0.467. The first kappa shape index (κ1) is 11.9. The molecule has 2 atom stereocenters. The van der Waals surface area contributed by atoms with Gasteiger partial charge in [0, 0.05) is 12.2 Å². The van der Waals surface area contributed by atoms with E-state index in [0.29, 0.717) is 23.4 Å². The summed E-state index contributed by atoms with van der Waals surface area (Å²) in [6, 6.07) is 6.04. The van der Waals surface area contributed by atoms with Gasteiger partial charge in [0.25, 0.3) is 11.7 Å². The van der Waals surface area contributed by atoms with Crippen molar-refractivity contribution in [2.75, 3.05) is 23.4 Å². The van der Waals surface area contributed by atoms with Crippen LogP contribution in [0.5, 0.6) is 0 Å². The molecule has 1 N–H and O–H groups in total. The number of fused-ring (bicyclic) bond motifs is 2. The minimum atomic E-state index is -0.530. The number of ketones is 1. The number of nitrogens with one attached hydrogen (secondary N) is 1.